The van der Waals surface area contributed by atoms with E-state index in [0.29, 0.717) is 6.42 Å². The highest BCUT2D eigenvalue weighted by Gasteiger charge is 2.51. The van der Waals surface area contributed by atoms with Crippen LogP contribution in [0.2, 0.25) is 0 Å². The molecule has 4 fully saturated rings. The van der Waals surface area contributed by atoms with Crippen molar-refractivity contribution in [1.29, 1.82) is 0 Å². The van der Waals surface area contributed by atoms with E-state index in [-0.39, 0.29) is 17.6 Å². The average Bonchev–Trinajstić information content (AvgIpc) is 2.11. The monoisotopic (exact) mass is 236 g/mol. The molecule has 0 amide bonds. The Hall–Kier alpha value is -0.860. The molecule has 3 heteroatoms. The fourth-order valence-corrected chi connectivity index (χ4v) is 5.16. The molecule has 4 aliphatic carbocycles. The Morgan fingerprint density at radius 2 is 1.47 bits per heavy atom. The molecule has 4 bridgehead atoms. The first kappa shape index (κ1) is 11.2. The zero-order valence-corrected chi connectivity index (χ0v) is 10.2. The van der Waals surface area contributed by atoms with Gasteiger partial charge < -0.3 is 5.11 Å². The van der Waals surface area contributed by atoms with Crippen molar-refractivity contribution in [2.75, 3.05) is 0 Å². The van der Waals surface area contributed by atoms with Crippen LogP contribution < -0.4 is 0 Å². The van der Waals surface area contributed by atoms with Gasteiger partial charge in [-0.2, -0.15) is 0 Å². The molecule has 0 aromatic rings. The van der Waals surface area contributed by atoms with E-state index in [1.807, 2.05) is 0 Å². The third-order valence-corrected chi connectivity index (χ3v) is 5.09. The maximum atomic E-state index is 11.8. The first-order chi connectivity index (χ1) is 8.05. The van der Waals surface area contributed by atoms with Gasteiger partial charge in [0.05, 0.1) is 0 Å². The Balaban J connectivity index is 1.70. The smallest absolute Gasteiger partial charge is 0.310 e. The van der Waals surface area contributed by atoms with Crippen molar-refractivity contribution in [2.24, 2.45) is 23.2 Å². The quantitative estimate of drug-likeness (QED) is 0.763. The summed E-state index contributed by atoms with van der Waals surface area (Å²) in [5, 5.41) is 8.68. The molecule has 4 saturated carbocycles. The summed E-state index contributed by atoms with van der Waals surface area (Å²) in [7, 11) is 0. The van der Waals surface area contributed by atoms with E-state index in [0.717, 1.165) is 17.8 Å². The van der Waals surface area contributed by atoms with Gasteiger partial charge in [-0.25, -0.2) is 0 Å². The van der Waals surface area contributed by atoms with Crippen molar-refractivity contribution in [1.82, 2.24) is 0 Å². The molecule has 3 nitrogen and oxygen atoms in total. The summed E-state index contributed by atoms with van der Waals surface area (Å²) in [6, 6.07) is 0. The van der Waals surface area contributed by atoms with E-state index in [4.69, 9.17) is 5.11 Å². The van der Waals surface area contributed by atoms with Gasteiger partial charge in [-0.3, -0.25) is 9.59 Å². The van der Waals surface area contributed by atoms with Crippen LogP contribution in [-0.4, -0.2) is 16.9 Å². The van der Waals surface area contributed by atoms with Gasteiger partial charge in [-0.05, 0) is 61.7 Å². The van der Waals surface area contributed by atoms with Gasteiger partial charge in [0.1, 0.15) is 12.2 Å². The van der Waals surface area contributed by atoms with Gasteiger partial charge in [-0.1, -0.05) is 0 Å². The van der Waals surface area contributed by atoms with Crippen LogP contribution >= 0.6 is 0 Å². The molecule has 4 aliphatic rings. The van der Waals surface area contributed by atoms with E-state index >= 15 is 0 Å². The minimum atomic E-state index is -0.972. The Labute approximate surface area is 102 Å². The fourth-order valence-electron chi connectivity index (χ4n) is 5.16. The van der Waals surface area contributed by atoms with E-state index < -0.39 is 5.97 Å². The van der Waals surface area contributed by atoms with Crippen molar-refractivity contribution >= 4 is 11.8 Å². The molecule has 17 heavy (non-hydrogen) atoms. The number of aliphatic carboxylic acids is 1. The zero-order chi connectivity index (χ0) is 12.0. The summed E-state index contributed by atoms with van der Waals surface area (Å²) in [6.07, 6.45) is 7.91. The fraction of sp³-hybridized carbons (Fsp3) is 0.857. The summed E-state index contributed by atoms with van der Waals surface area (Å²) >= 11 is 0. The third kappa shape index (κ3) is 2.12. The zero-order valence-electron chi connectivity index (χ0n) is 10.2. The minimum Gasteiger partial charge on any atom is -0.481 e. The standard InChI is InChI=1S/C14H20O3/c15-12(4-13(16)17)8-14-5-9-1-10(6-14)3-11(2-9)7-14/h9-11H,1-8H2,(H,16,17). The number of carboxylic acids is 1. The number of hydrogen-bond acceptors (Lipinski definition) is 2. The van der Waals surface area contributed by atoms with Gasteiger partial charge in [0.25, 0.3) is 0 Å². The number of ketones is 1. The van der Waals surface area contributed by atoms with Crippen LogP contribution in [-0.2, 0) is 9.59 Å². The summed E-state index contributed by atoms with van der Waals surface area (Å²) in [6.45, 7) is 0. The summed E-state index contributed by atoms with van der Waals surface area (Å²) in [5.74, 6) is 1.47. The average molecular weight is 236 g/mol. The second-order valence-electron chi connectivity index (χ2n) is 6.70. The lowest BCUT2D eigenvalue weighted by molar-refractivity contribution is -0.142. The van der Waals surface area contributed by atoms with Crippen LogP contribution in [0.4, 0.5) is 0 Å². The molecule has 0 aromatic heterocycles. The molecular weight excluding hydrogens is 216 g/mol. The Kier molecular flexibility index (Phi) is 2.53. The molecule has 0 aromatic carbocycles. The lowest BCUT2D eigenvalue weighted by atomic mass is 9.48. The third-order valence-electron chi connectivity index (χ3n) is 5.09. The number of carbonyl (C=O) groups excluding carboxylic acids is 1. The molecule has 0 unspecified atom stereocenters. The molecule has 4 rings (SSSR count). The van der Waals surface area contributed by atoms with E-state index in [1.54, 1.807) is 0 Å². The van der Waals surface area contributed by atoms with Crippen LogP contribution in [0.1, 0.15) is 51.4 Å². The van der Waals surface area contributed by atoms with Crippen LogP contribution in [0.3, 0.4) is 0 Å². The van der Waals surface area contributed by atoms with Crippen molar-refractivity contribution < 1.29 is 14.7 Å². The molecule has 0 atom stereocenters. The first-order valence-electron chi connectivity index (χ1n) is 6.78. The molecule has 0 spiro atoms. The first-order valence-corrected chi connectivity index (χ1v) is 6.78. The predicted octanol–water partition coefficient (Wildman–Crippen LogP) is 2.64. The lowest BCUT2D eigenvalue weighted by Crippen LogP contribution is -2.46. The van der Waals surface area contributed by atoms with Crippen molar-refractivity contribution in [2.45, 2.75) is 51.4 Å². The lowest BCUT2D eigenvalue weighted by Gasteiger charge is -2.56. The van der Waals surface area contributed by atoms with Crippen molar-refractivity contribution in [3.05, 3.63) is 0 Å². The second-order valence-corrected chi connectivity index (χ2v) is 6.70. The van der Waals surface area contributed by atoms with Crippen molar-refractivity contribution in [3.8, 4) is 0 Å². The highest BCUT2D eigenvalue weighted by molar-refractivity contribution is 5.95. The largest absolute Gasteiger partial charge is 0.481 e. The topological polar surface area (TPSA) is 54.4 Å². The normalized spacial score (nSPS) is 42.7. The maximum Gasteiger partial charge on any atom is 0.310 e. The maximum absolute atomic E-state index is 11.8. The molecular formula is C14H20O3. The van der Waals surface area contributed by atoms with Crippen LogP contribution in [0.25, 0.3) is 0 Å². The number of rotatable bonds is 4. The molecule has 0 radical (unpaired) electrons. The van der Waals surface area contributed by atoms with Gasteiger partial charge in [-0.15, -0.1) is 0 Å². The SMILES string of the molecule is O=C(O)CC(=O)CC12CC3CC(CC(C3)C1)C2. The van der Waals surface area contributed by atoms with Gasteiger partial charge in [0, 0.05) is 6.42 Å². The molecule has 0 aliphatic heterocycles. The number of carbonyl (C=O) groups is 2. The van der Waals surface area contributed by atoms with Gasteiger partial charge >= 0.3 is 5.97 Å². The number of Topliss-reactive ketones (excluding diaryl/α,β-unsaturated/α-hetero) is 1. The van der Waals surface area contributed by atoms with Crippen LogP contribution in [0.15, 0.2) is 0 Å². The Morgan fingerprint density at radius 1 is 1.00 bits per heavy atom. The molecule has 0 saturated heterocycles. The minimum absolute atomic E-state index is 0.0561. The molecule has 1 N–H and O–H groups in total. The summed E-state index contributed by atoms with van der Waals surface area (Å²) < 4.78 is 0. The van der Waals surface area contributed by atoms with Crippen molar-refractivity contribution in [3.63, 3.8) is 0 Å². The Bertz CT molecular complexity index is 323. The highest BCUT2D eigenvalue weighted by Crippen LogP contribution is 2.61. The Morgan fingerprint density at radius 3 is 1.88 bits per heavy atom. The molecule has 0 heterocycles. The molecule has 94 valence electrons. The summed E-state index contributed by atoms with van der Waals surface area (Å²) in [5.41, 5.74) is 0.196. The van der Waals surface area contributed by atoms with Crippen LogP contribution in [0, 0.1) is 23.2 Å². The van der Waals surface area contributed by atoms with Gasteiger partial charge in [0.15, 0.2) is 0 Å². The number of hydrogen-bond donors (Lipinski definition) is 1. The number of carboxylic acid groups (broad SMARTS) is 1. The summed E-state index contributed by atoms with van der Waals surface area (Å²) in [4.78, 5) is 22.3. The second kappa shape index (κ2) is 3.82. The van der Waals surface area contributed by atoms with E-state index in [9.17, 15) is 9.59 Å². The van der Waals surface area contributed by atoms with Gasteiger partial charge in [0.2, 0.25) is 0 Å². The highest BCUT2D eigenvalue weighted by atomic mass is 16.4. The van der Waals surface area contributed by atoms with Crippen LogP contribution in [0.5, 0.6) is 0 Å². The van der Waals surface area contributed by atoms with E-state index in [2.05, 4.69) is 0 Å². The van der Waals surface area contributed by atoms with E-state index in [1.165, 1.54) is 38.5 Å². The predicted molar refractivity (Wildman–Crippen MR) is 62.5 cm³/mol.